The molecule has 1 aromatic carbocycles. The second-order valence-corrected chi connectivity index (χ2v) is 5.19. The maximum absolute atomic E-state index is 11.6. The van der Waals surface area contributed by atoms with Gasteiger partial charge in [-0.15, -0.1) is 0 Å². The lowest BCUT2D eigenvalue weighted by Gasteiger charge is -2.13. The summed E-state index contributed by atoms with van der Waals surface area (Å²) in [5, 5.41) is 1.90. The molecule has 120 valence electrons. The number of carbonyl (C=O) groups is 3. The van der Waals surface area contributed by atoms with Crippen LogP contribution in [0.5, 0.6) is 5.75 Å². The molecular formula is C14H16BrNO6. The van der Waals surface area contributed by atoms with Crippen LogP contribution in [0, 0.1) is 6.92 Å². The molecule has 0 bridgehead atoms. The number of aryl methyl sites for hydroxylation is 1. The van der Waals surface area contributed by atoms with Gasteiger partial charge in [-0.05, 0) is 47.5 Å². The summed E-state index contributed by atoms with van der Waals surface area (Å²) in [6.07, 6.45) is -2.07. The van der Waals surface area contributed by atoms with Crippen molar-refractivity contribution in [2.24, 2.45) is 0 Å². The van der Waals surface area contributed by atoms with E-state index in [2.05, 4.69) is 20.7 Å². The van der Waals surface area contributed by atoms with Gasteiger partial charge in [-0.1, -0.05) is 6.07 Å². The smallest absolute Gasteiger partial charge is 0.413 e. The fourth-order valence-electron chi connectivity index (χ4n) is 1.40. The number of benzene rings is 1. The maximum Gasteiger partial charge on any atom is 0.413 e. The molecule has 0 heterocycles. The van der Waals surface area contributed by atoms with E-state index >= 15 is 0 Å². The van der Waals surface area contributed by atoms with Gasteiger partial charge in [0.2, 0.25) is 0 Å². The Kier molecular flexibility index (Phi) is 6.84. The van der Waals surface area contributed by atoms with Gasteiger partial charge < -0.3 is 14.2 Å². The number of ether oxygens (including phenoxy) is 3. The van der Waals surface area contributed by atoms with Crippen LogP contribution >= 0.6 is 15.9 Å². The second kappa shape index (κ2) is 8.38. The van der Waals surface area contributed by atoms with Gasteiger partial charge in [-0.3, -0.25) is 10.1 Å². The average Bonchev–Trinajstić information content (AvgIpc) is 2.45. The van der Waals surface area contributed by atoms with Crippen LogP contribution in [0.25, 0.3) is 0 Å². The summed E-state index contributed by atoms with van der Waals surface area (Å²) in [5.41, 5.74) is 1.04. The standard InChI is InChI=1S/C14H16BrNO6/c1-8-4-5-11(10(15)6-8)21-7-12(17)22-9(2)13(18)16-14(19)20-3/h4-6,9H,7H2,1-3H3,(H,16,18,19)/t9-/m1/s1. The van der Waals surface area contributed by atoms with E-state index < -0.39 is 24.1 Å². The molecule has 1 N–H and O–H groups in total. The lowest BCUT2D eigenvalue weighted by Crippen LogP contribution is -2.40. The minimum absolute atomic E-state index is 0.364. The first kappa shape index (κ1) is 18.0. The van der Waals surface area contributed by atoms with E-state index in [1.165, 1.54) is 6.92 Å². The van der Waals surface area contributed by atoms with Gasteiger partial charge in [-0.25, -0.2) is 9.59 Å². The number of hydrogen-bond acceptors (Lipinski definition) is 6. The number of methoxy groups -OCH3 is 1. The summed E-state index contributed by atoms with van der Waals surface area (Å²) in [7, 11) is 1.12. The zero-order chi connectivity index (χ0) is 16.7. The molecule has 0 aliphatic heterocycles. The van der Waals surface area contributed by atoms with Crippen molar-refractivity contribution in [1.29, 1.82) is 0 Å². The number of carbonyl (C=O) groups excluding carboxylic acids is 3. The van der Waals surface area contributed by atoms with Crippen LogP contribution in [0.1, 0.15) is 12.5 Å². The average molecular weight is 374 g/mol. The highest BCUT2D eigenvalue weighted by molar-refractivity contribution is 9.10. The number of imide groups is 1. The molecule has 1 rings (SSSR count). The molecule has 0 spiro atoms. The van der Waals surface area contributed by atoms with E-state index in [0.29, 0.717) is 10.2 Å². The number of nitrogens with one attached hydrogen (secondary N) is 1. The zero-order valence-corrected chi connectivity index (χ0v) is 13.9. The van der Waals surface area contributed by atoms with Gasteiger partial charge in [0.05, 0.1) is 11.6 Å². The van der Waals surface area contributed by atoms with Crippen molar-refractivity contribution >= 4 is 33.9 Å². The Morgan fingerprint density at radius 2 is 2.00 bits per heavy atom. The first-order valence-corrected chi connectivity index (χ1v) is 7.10. The second-order valence-electron chi connectivity index (χ2n) is 4.34. The Hall–Kier alpha value is -2.09. The Morgan fingerprint density at radius 1 is 1.32 bits per heavy atom. The van der Waals surface area contributed by atoms with Gasteiger partial charge in [0.25, 0.3) is 5.91 Å². The first-order chi connectivity index (χ1) is 10.3. The van der Waals surface area contributed by atoms with Crippen LogP contribution in [0.2, 0.25) is 0 Å². The fraction of sp³-hybridized carbons (Fsp3) is 0.357. The molecule has 22 heavy (non-hydrogen) atoms. The topological polar surface area (TPSA) is 90.9 Å². The Labute approximate surface area is 136 Å². The SMILES string of the molecule is COC(=O)NC(=O)[C@@H](C)OC(=O)COc1ccc(C)cc1Br. The van der Waals surface area contributed by atoms with Crippen molar-refractivity contribution in [1.82, 2.24) is 5.32 Å². The van der Waals surface area contributed by atoms with Crippen molar-refractivity contribution in [3.05, 3.63) is 28.2 Å². The number of halogens is 1. The summed E-state index contributed by atoms with van der Waals surface area (Å²) >= 11 is 3.31. The lowest BCUT2D eigenvalue weighted by atomic mass is 10.2. The number of rotatable bonds is 5. The highest BCUT2D eigenvalue weighted by atomic mass is 79.9. The van der Waals surface area contributed by atoms with Crippen LogP contribution in [-0.2, 0) is 19.1 Å². The molecule has 0 saturated carbocycles. The van der Waals surface area contributed by atoms with Crippen molar-refractivity contribution in [2.75, 3.05) is 13.7 Å². The summed E-state index contributed by atoms with van der Waals surface area (Å²) in [4.78, 5) is 33.9. The van der Waals surface area contributed by atoms with E-state index in [4.69, 9.17) is 9.47 Å². The molecule has 8 heteroatoms. The van der Waals surface area contributed by atoms with E-state index in [0.717, 1.165) is 12.7 Å². The van der Waals surface area contributed by atoms with Crippen molar-refractivity contribution in [3.63, 3.8) is 0 Å². The minimum Gasteiger partial charge on any atom is -0.481 e. The van der Waals surface area contributed by atoms with Gasteiger partial charge in [-0.2, -0.15) is 0 Å². The van der Waals surface area contributed by atoms with E-state index in [1.54, 1.807) is 6.07 Å². The minimum atomic E-state index is -1.14. The highest BCUT2D eigenvalue weighted by Gasteiger charge is 2.20. The molecule has 0 aliphatic rings. The summed E-state index contributed by atoms with van der Waals surface area (Å²) in [6, 6.07) is 5.38. The van der Waals surface area contributed by atoms with Crippen LogP contribution < -0.4 is 10.1 Å². The first-order valence-electron chi connectivity index (χ1n) is 6.30. The monoisotopic (exact) mass is 373 g/mol. The number of alkyl carbamates (subject to hydrolysis) is 1. The molecular weight excluding hydrogens is 358 g/mol. The van der Waals surface area contributed by atoms with Crippen LogP contribution in [0.4, 0.5) is 4.79 Å². The van der Waals surface area contributed by atoms with Crippen molar-refractivity contribution in [2.45, 2.75) is 20.0 Å². The summed E-state index contributed by atoms with van der Waals surface area (Å²) in [6.45, 7) is 2.89. The molecule has 0 unspecified atom stereocenters. The third kappa shape index (κ3) is 5.72. The Bertz CT molecular complexity index is 574. The molecule has 1 aromatic rings. The molecule has 0 radical (unpaired) electrons. The molecule has 1 atom stereocenters. The quantitative estimate of drug-likeness (QED) is 0.793. The molecule has 2 amide bonds. The van der Waals surface area contributed by atoms with E-state index in [-0.39, 0.29) is 6.61 Å². The molecule has 0 aliphatic carbocycles. The molecule has 0 fully saturated rings. The predicted molar refractivity (Wildman–Crippen MR) is 80.5 cm³/mol. The van der Waals surface area contributed by atoms with Crippen LogP contribution in [0.3, 0.4) is 0 Å². The van der Waals surface area contributed by atoms with Crippen LogP contribution in [-0.4, -0.2) is 37.8 Å². The maximum atomic E-state index is 11.6. The zero-order valence-electron chi connectivity index (χ0n) is 12.3. The number of esters is 1. The Morgan fingerprint density at radius 3 is 2.59 bits per heavy atom. The third-order valence-electron chi connectivity index (χ3n) is 2.52. The predicted octanol–water partition coefficient (Wildman–Crippen LogP) is 1.95. The normalized spacial score (nSPS) is 11.3. The van der Waals surface area contributed by atoms with Gasteiger partial charge in [0.15, 0.2) is 12.7 Å². The van der Waals surface area contributed by atoms with Crippen LogP contribution in [0.15, 0.2) is 22.7 Å². The third-order valence-corrected chi connectivity index (χ3v) is 3.14. The largest absolute Gasteiger partial charge is 0.481 e. The Balaban J connectivity index is 2.45. The molecule has 0 saturated heterocycles. The van der Waals surface area contributed by atoms with E-state index in [9.17, 15) is 14.4 Å². The molecule has 7 nitrogen and oxygen atoms in total. The summed E-state index contributed by atoms with van der Waals surface area (Å²) in [5.74, 6) is -1.04. The highest BCUT2D eigenvalue weighted by Crippen LogP contribution is 2.25. The summed E-state index contributed by atoms with van der Waals surface area (Å²) < 4.78 is 15.1. The molecule has 0 aromatic heterocycles. The fourth-order valence-corrected chi connectivity index (χ4v) is 2.01. The van der Waals surface area contributed by atoms with Gasteiger partial charge >= 0.3 is 12.1 Å². The van der Waals surface area contributed by atoms with Crippen molar-refractivity contribution < 1.29 is 28.6 Å². The van der Waals surface area contributed by atoms with Crippen molar-refractivity contribution in [3.8, 4) is 5.75 Å². The van der Waals surface area contributed by atoms with E-state index in [1.807, 2.05) is 24.4 Å². The number of amides is 2. The number of hydrogen-bond donors (Lipinski definition) is 1. The lowest BCUT2D eigenvalue weighted by molar-refractivity contribution is -0.156. The van der Waals surface area contributed by atoms with Gasteiger partial charge in [0.1, 0.15) is 5.75 Å². The van der Waals surface area contributed by atoms with Gasteiger partial charge in [0, 0.05) is 0 Å².